The van der Waals surface area contributed by atoms with Crippen molar-refractivity contribution in [1.82, 2.24) is 15.0 Å². The maximum atomic E-state index is 10.8. The molecule has 8 heteroatoms. The first-order valence-electron chi connectivity index (χ1n) is 5.53. The molecule has 100 valence electrons. The lowest BCUT2D eigenvalue weighted by molar-refractivity contribution is -0.384. The Morgan fingerprint density at radius 1 is 1.53 bits per heavy atom. The van der Waals surface area contributed by atoms with Crippen molar-refractivity contribution < 1.29 is 4.92 Å². The Morgan fingerprint density at radius 3 is 2.89 bits per heavy atom. The van der Waals surface area contributed by atoms with Gasteiger partial charge in [0.1, 0.15) is 5.69 Å². The van der Waals surface area contributed by atoms with Crippen molar-refractivity contribution >= 4 is 28.9 Å². The van der Waals surface area contributed by atoms with E-state index in [1.54, 1.807) is 6.20 Å². The van der Waals surface area contributed by atoms with Gasteiger partial charge in [-0.15, -0.1) is 16.7 Å². The molecule has 0 fully saturated rings. The van der Waals surface area contributed by atoms with E-state index in [-0.39, 0.29) is 11.1 Å². The van der Waals surface area contributed by atoms with Crippen molar-refractivity contribution in [2.24, 2.45) is 0 Å². The largest absolute Gasteiger partial charge is 0.271 e. The predicted molar refractivity (Wildman–Crippen MR) is 71.9 cm³/mol. The summed E-state index contributed by atoms with van der Waals surface area (Å²) in [5.74, 6) is 0. The molecule has 2 aromatic rings. The summed E-state index contributed by atoms with van der Waals surface area (Å²) in [4.78, 5) is 10.3. The molecular weight excluding hydrogens is 291 g/mol. The molecule has 0 N–H and O–H groups in total. The molecule has 19 heavy (non-hydrogen) atoms. The summed E-state index contributed by atoms with van der Waals surface area (Å²) in [6, 6.07) is 4.13. The van der Waals surface area contributed by atoms with Crippen LogP contribution in [-0.2, 0) is 0 Å². The van der Waals surface area contributed by atoms with Gasteiger partial charge in [-0.1, -0.05) is 23.7 Å². The molecule has 0 spiro atoms. The molecule has 1 aromatic carbocycles. The maximum Gasteiger partial charge on any atom is 0.271 e. The monoisotopic (exact) mass is 300 g/mol. The Morgan fingerprint density at radius 2 is 2.26 bits per heavy atom. The van der Waals surface area contributed by atoms with Gasteiger partial charge in [0.2, 0.25) is 0 Å². The number of nitrogens with zero attached hydrogens (tertiary/aromatic N) is 4. The molecule has 1 aromatic heterocycles. The molecule has 0 aliphatic carbocycles. The van der Waals surface area contributed by atoms with E-state index < -0.39 is 4.92 Å². The second kappa shape index (κ2) is 5.54. The van der Waals surface area contributed by atoms with Crippen molar-refractivity contribution in [2.45, 2.75) is 18.7 Å². The Labute approximate surface area is 119 Å². The van der Waals surface area contributed by atoms with Crippen LogP contribution in [0.3, 0.4) is 0 Å². The standard InChI is InChI=1S/C11H10Cl2N4O2/c1-2-8(12)10-6-16(15-14-10)11-5-7(17(18)19)3-4-9(11)13/h3-6,8H,2H2,1H3. The number of rotatable bonds is 4. The van der Waals surface area contributed by atoms with E-state index in [0.717, 1.165) is 0 Å². The smallest absolute Gasteiger partial charge is 0.258 e. The number of alkyl halides is 1. The summed E-state index contributed by atoms with van der Waals surface area (Å²) < 4.78 is 1.38. The first-order chi connectivity index (χ1) is 9.02. The number of aromatic nitrogens is 3. The average molecular weight is 301 g/mol. The van der Waals surface area contributed by atoms with Crippen LogP contribution in [0.1, 0.15) is 24.4 Å². The Bertz CT molecular complexity index is 614. The molecule has 1 atom stereocenters. The lowest BCUT2D eigenvalue weighted by Gasteiger charge is -2.03. The second-order valence-corrected chi connectivity index (χ2v) is 4.79. The fourth-order valence-corrected chi connectivity index (χ4v) is 1.84. The highest BCUT2D eigenvalue weighted by Crippen LogP contribution is 2.27. The van der Waals surface area contributed by atoms with Crippen molar-refractivity contribution in [1.29, 1.82) is 0 Å². The molecule has 0 radical (unpaired) electrons. The Balaban J connectivity index is 2.43. The van der Waals surface area contributed by atoms with E-state index in [4.69, 9.17) is 23.2 Å². The van der Waals surface area contributed by atoms with Crippen LogP contribution in [0.2, 0.25) is 5.02 Å². The van der Waals surface area contributed by atoms with E-state index in [1.807, 2.05) is 6.92 Å². The van der Waals surface area contributed by atoms with Gasteiger partial charge >= 0.3 is 0 Å². The van der Waals surface area contributed by atoms with E-state index in [0.29, 0.717) is 22.8 Å². The molecular formula is C11H10Cl2N4O2. The van der Waals surface area contributed by atoms with E-state index >= 15 is 0 Å². The highest BCUT2D eigenvalue weighted by molar-refractivity contribution is 6.32. The third-order valence-electron chi connectivity index (χ3n) is 2.58. The lowest BCUT2D eigenvalue weighted by Crippen LogP contribution is -1.98. The molecule has 6 nitrogen and oxygen atoms in total. The highest BCUT2D eigenvalue weighted by atomic mass is 35.5. The third kappa shape index (κ3) is 2.85. The molecule has 0 saturated heterocycles. The summed E-state index contributed by atoms with van der Waals surface area (Å²) in [7, 11) is 0. The van der Waals surface area contributed by atoms with Gasteiger partial charge in [0.05, 0.1) is 27.2 Å². The summed E-state index contributed by atoms with van der Waals surface area (Å²) >= 11 is 12.1. The zero-order valence-electron chi connectivity index (χ0n) is 9.96. The van der Waals surface area contributed by atoms with Gasteiger partial charge < -0.3 is 0 Å². The fourth-order valence-electron chi connectivity index (χ4n) is 1.54. The van der Waals surface area contributed by atoms with Crippen LogP contribution in [0.15, 0.2) is 24.4 Å². The minimum atomic E-state index is -0.492. The van der Waals surface area contributed by atoms with Crippen molar-refractivity contribution in [3.8, 4) is 5.69 Å². The van der Waals surface area contributed by atoms with Crippen LogP contribution in [-0.4, -0.2) is 19.9 Å². The zero-order valence-corrected chi connectivity index (χ0v) is 11.5. The number of halogens is 2. The van der Waals surface area contributed by atoms with E-state index in [2.05, 4.69) is 10.3 Å². The third-order valence-corrected chi connectivity index (χ3v) is 3.43. The number of nitro groups is 1. The van der Waals surface area contributed by atoms with E-state index in [1.165, 1.54) is 22.9 Å². The van der Waals surface area contributed by atoms with Gasteiger partial charge in [0.25, 0.3) is 5.69 Å². The fraction of sp³-hybridized carbons (Fsp3) is 0.273. The van der Waals surface area contributed by atoms with Gasteiger partial charge in [-0.2, -0.15) is 0 Å². The van der Waals surface area contributed by atoms with Gasteiger partial charge in [-0.3, -0.25) is 10.1 Å². The number of hydrogen-bond acceptors (Lipinski definition) is 4. The van der Waals surface area contributed by atoms with Gasteiger partial charge in [0, 0.05) is 12.1 Å². The van der Waals surface area contributed by atoms with Crippen LogP contribution in [0.25, 0.3) is 5.69 Å². The Kier molecular flexibility index (Phi) is 4.01. The van der Waals surface area contributed by atoms with Crippen LogP contribution >= 0.6 is 23.2 Å². The quantitative estimate of drug-likeness (QED) is 0.492. The SMILES string of the molecule is CCC(Cl)c1cn(-c2cc([N+](=O)[O-])ccc2Cl)nn1. The second-order valence-electron chi connectivity index (χ2n) is 3.86. The molecule has 1 heterocycles. The van der Waals surface area contributed by atoms with Gasteiger partial charge in [-0.05, 0) is 12.5 Å². The van der Waals surface area contributed by atoms with Crippen LogP contribution in [0.4, 0.5) is 5.69 Å². The highest BCUT2D eigenvalue weighted by Gasteiger charge is 2.15. The Hall–Kier alpha value is -1.66. The first-order valence-corrected chi connectivity index (χ1v) is 6.35. The molecule has 2 rings (SSSR count). The summed E-state index contributed by atoms with van der Waals surface area (Å²) in [6.45, 7) is 1.93. The number of non-ortho nitro benzene ring substituents is 1. The molecule has 0 bridgehead atoms. The number of hydrogen-bond donors (Lipinski definition) is 0. The average Bonchev–Trinajstić information content (AvgIpc) is 2.87. The number of nitro benzene ring substituents is 1. The molecule has 0 amide bonds. The lowest BCUT2D eigenvalue weighted by atomic mass is 10.2. The topological polar surface area (TPSA) is 73.8 Å². The van der Waals surface area contributed by atoms with Crippen molar-refractivity contribution in [3.63, 3.8) is 0 Å². The maximum absolute atomic E-state index is 10.8. The molecule has 0 aliphatic rings. The minimum absolute atomic E-state index is 0.0608. The minimum Gasteiger partial charge on any atom is -0.258 e. The van der Waals surface area contributed by atoms with E-state index in [9.17, 15) is 10.1 Å². The van der Waals surface area contributed by atoms with Crippen molar-refractivity contribution in [3.05, 3.63) is 45.2 Å². The van der Waals surface area contributed by atoms with Crippen molar-refractivity contribution in [2.75, 3.05) is 0 Å². The normalized spacial score (nSPS) is 12.4. The van der Waals surface area contributed by atoms with Crippen LogP contribution in [0.5, 0.6) is 0 Å². The predicted octanol–water partition coefficient (Wildman–Crippen LogP) is 3.52. The van der Waals surface area contributed by atoms with Crippen LogP contribution in [0, 0.1) is 10.1 Å². The first kappa shape index (κ1) is 13.8. The van der Waals surface area contributed by atoms with Gasteiger partial charge in [0.15, 0.2) is 0 Å². The molecule has 0 aliphatic heterocycles. The van der Waals surface area contributed by atoms with Gasteiger partial charge in [-0.25, -0.2) is 4.68 Å². The number of benzene rings is 1. The summed E-state index contributed by atoms with van der Waals surface area (Å²) in [5, 5.41) is 18.7. The summed E-state index contributed by atoms with van der Waals surface area (Å²) in [5.41, 5.74) is 0.940. The molecule has 1 unspecified atom stereocenters. The summed E-state index contributed by atoms with van der Waals surface area (Å²) in [6.07, 6.45) is 2.33. The molecule has 0 saturated carbocycles. The zero-order chi connectivity index (χ0) is 14.0. The van der Waals surface area contributed by atoms with Crippen LogP contribution < -0.4 is 0 Å².